The molecule has 6 heterocycles. The van der Waals surface area contributed by atoms with Crippen molar-refractivity contribution < 1.29 is 58.1 Å². The lowest BCUT2D eigenvalue weighted by Gasteiger charge is -2.20. The molecule has 29 heteroatoms. The van der Waals surface area contributed by atoms with Gasteiger partial charge in [-0.05, 0) is 130 Å². The van der Waals surface area contributed by atoms with Crippen molar-refractivity contribution in [1.29, 1.82) is 0 Å². The van der Waals surface area contributed by atoms with E-state index in [4.69, 9.17) is 33.4 Å². The minimum atomic E-state index is -3.78. The van der Waals surface area contributed by atoms with E-state index in [9.17, 15) is 39.6 Å². The van der Waals surface area contributed by atoms with Crippen LogP contribution in [0.1, 0.15) is 71.8 Å². The molecule has 1 aliphatic rings. The highest BCUT2D eigenvalue weighted by Gasteiger charge is 2.34. The maximum atomic E-state index is 16.2. The molecule has 24 nitrogen and oxygen atoms in total. The number of aromatic nitrogens is 9. The number of sulfone groups is 3. The summed E-state index contributed by atoms with van der Waals surface area (Å²) in [5.74, 6) is -0.0359. The number of rotatable bonds is 27. The normalized spacial score (nSPS) is 13.8. The van der Waals surface area contributed by atoms with Gasteiger partial charge < -0.3 is 38.4 Å². The molecule has 0 unspecified atom stereocenters. The van der Waals surface area contributed by atoms with E-state index in [1.807, 2.05) is 30.3 Å². The van der Waals surface area contributed by atoms with Gasteiger partial charge in [0.05, 0.1) is 86.5 Å². The number of pyridine rings is 3. The molecule has 1 aliphatic carbocycles. The molecule has 0 amide bonds. The number of methoxy groups -OCH3 is 3. The summed E-state index contributed by atoms with van der Waals surface area (Å²) in [4.78, 5) is 61.4. The van der Waals surface area contributed by atoms with Gasteiger partial charge in [-0.15, -0.1) is 0 Å². The van der Waals surface area contributed by atoms with Crippen LogP contribution in [0.4, 0.5) is 4.39 Å². The van der Waals surface area contributed by atoms with Crippen LogP contribution in [0.25, 0.3) is 55.7 Å². The van der Waals surface area contributed by atoms with Crippen LogP contribution in [-0.2, 0) is 42.5 Å². The summed E-state index contributed by atoms with van der Waals surface area (Å²) in [6.07, 6.45) is 10.0. The summed E-state index contributed by atoms with van der Waals surface area (Å²) in [7, 11) is -6.67. The predicted molar refractivity (Wildman–Crippen MR) is 369 cm³/mol. The van der Waals surface area contributed by atoms with Crippen LogP contribution < -0.4 is 45.5 Å². The van der Waals surface area contributed by atoms with Gasteiger partial charge in [-0.1, -0.05) is 54.6 Å². The zero-order valence-electron chi connectivity index (χ0n) is 53.6. The molecule has 12 rings (SSSR count). The molecule has 5 aromatic carbocycles. The predicted octanol–water partition coefficient (Wildman–Crippen LogP) is 9.37. The first kappa shape index (κ1) is 67.4. The van der Waals surface area contributed by atoms with Crippen LogP contribution in [0.15, 0.2) is 153 Å². The van der Waals surface area contributed by atoms with Gasteiger partial charge in [0.15, 0.2) is 51.4 Å². The smallest absolute Gasteiger partial charge is 0.331 e. The number of hydrogen-bond donors (Lipinski definition) is 2. The molecule has 0 bridgehead atoms. The third kappa shape index (κ3) is 14.6. The van der Waals surface area contributed by atoms with Crippen molar-refractivity contribution in [2.24, 2.45) is 0 Å². The van der Waals surface area contributed by atoms with Crippen molar-refractivity contribution in [2.45, 2.75) is 57.0 Å². The van der Waals surface area contributed by atoms with Crippen LogP contribution in [0.5, 0.6) is 34.5 Å². The largest absolute Gasteiger partial charge is 0.493 e. The number of nitrogens with one attached hydrogen (secondary N) is 2. The molecular formula is C68H67BrFN9O15S3. The highest BCUT2D eigenvalue weighted by molar-refractivity contribution is 9.10. The van der Waals surface area contributed by atoms with Crippen molar-refractivity contribution in [3.63, 3.8) is 0 Å². The number of imidazole rings is 3. The molecule has 1 fully saturated rings. The van der Waals surface area contributed by atoms with Gasteiger partial charge in [0.2, 0.25) is 0 Å². The molecule has 0 aliphatic heterocycles. The first-order valence-electron chi connectivity index (χ1n) is 30.6. The second-order valence-electron chi connectivity index (χ2n) is 23.9. The molecule has 0 saturated heterocycles. The summed E-state index contributed by atoms with van der Waals surface area (Å²) in [6.45, 7) is 1.99. The number of hydrogen-bond acceptors (Lipinski definition) is 18. The van der Waals surface area contributed by atoms with Gasteiger partial charge in [-0.2, -0.15) is 0 Å². The van der Waals surface area contributed by atoms with E-state index in [1.165, 1.54) is 59.4 Å². The number of halogens is 2. The number of H-pyrrole nitrogens is 2. The minimum Gasteiger partial charge on any atom is -0.493 e. The van der Waals surface area contributed by atoms with Crippen molar-refractivity contribution in [1.82, 2.24) is 43.2 Å². The SMILES string of the molecule is CCOc1cc([C@@H](CS(C)(=O)=O)n2c(=O)[nH]c3cc(-c4ccc(COc5cc([C@@H](CS(C)(=O)=O)n6c(=O)[nH]c7cc(-c8ccc(CCOc9cc([C@@H](CS(C)(=O)=O)n%10c(=O)n(C%11CC%11)c%11cc(Br)cnc%11%10)ccc9OC)cc8)cnc76)ccc5OC)c(F)c4)cnc32)ccc1OC. The molecule has 1 saturated carbocycles. The third-order valence-corrected chi connectivity index (χ3v) is 20.0. The standard InChI is InChI=1S/C68H67BrFN9O15S3/c1-8-92-60-28-42(15-20-57(60)89-2)54(36-95(5,83)84)77-64-52(75-67(77)81)27-47(33-72-64)41-13-14-45(50(70)25-41)35-94-62-30-43(16-22-59(62)91-4)55(37-96(6,85)86)78-63-51(74-66(78)80)26-46(32-71-63)40-11-9-39(10-12-40)23-24-93-61-29-44(17-21-58(61)90-3)56(38-97(7,87)88)79-65-53(31-48(69)34-73-65)76(68(79)82)49-18-19-49/h9-17,20-22,25-34,49,54-56H,8,18-19,23-24,35-38H2,1-7H3,(H,74,80)(H,75,81)/t54-,55-,56-/m1/s1. The molecule has 3 atom stereocenters. The Hall–Kier alpha value is -9.58. The van der Waals surface area contributed by atoms with Crippen LogP contribution in [0, 0.1) is 5.82 Å². The molecule has 506 valence electrons. The molecule has 97 heavy (non-hydrogen) atoms. The monoisotopic (exact) mass is 1440 g/mol. The fourth-order valence-electron chi connectivity index (χ4n) is 12.1. The Morgan fingerprint density at radius 2 is 1.00 bits per heavy atom. The van der Waals surface area contributed by atoms with E-state index >= 15 is 4.39 Å². The zero-order valence-corrected chi connectivity index (χ0v) is 57.6. The van der Waals surface area contributed by atoms with E-state index in [1.54, 1.807) is 90.6 Å². The number of benzene rings is 5. The van der Waals surface area contributed by atoms with Crippen LogP contribution in [0.3, 0.4) is 0 Å². The van der Waals surface area contributed by atoms with E-state index in [0.717, 1.165) is 42.7 Å². The van der Waals surface area contributed by atoms with Crippen LogP contribution >= 0.6 is 15.9 Å². The zero-order chi connectivity index (χ0) is 68.8. The number of nitrogens with zero attached hydrogens (tertiary/aromatic N) is 7. The highest BCUT2D eigenvalue weighted by Crippen LogP contribution is 2.40. The highest BCUT2D eigenvalue weighted by atomic mass is 79.9. The number of ether oxygens (including phenoxy) is 6. The fraction of sp³-hybridized carbons (Fsp3) is 0.294. The van der Waals surface area contributed by atoms with Gasteiger partial charge in [0.1, 0.15) is 41.9 Å². The lowest BCUT2D eigenvalue weighted by atomic mass is 10.0. The van der Waals surface area contributed by atoms with Gasteiger partial charge >= 0.3 is 17.1 Å². The molecule has 11 aromatic rings. The van der Waals surface area contributed by atoms with E-state index in [-0.39, 0.29) is 64.6 Å². The summed E-state index contributed by atoms with van der Waals surface area (Å²) in [6, 6.07) is 29.0. The van der Waals surface area contributed by atoms with Crippen molar-refractivity contribution in [2.75, 3.05) is 70.6 Å². The maximum absolute atomic E-state index is 16.2. The second-order valence-corrected chi connectivity index (χ2v) is 31.4. The lowest BCUT2D eigenvalue weighted by molar-refractivity contribution is 0.279. The van der Waals surface area contributed by atoms with E-state index in [0.29, 0.717) is 90.6 Å². The third-order valence-electron chi connectivity index (χ3n) is 16.8. The van der Waals surface area contributed by atoms with Gasteiger partial charge in [-0.3, -0.25) is 18.3 Å². The summed E-state index contributed by atoms with van der Waals surface area (Å²) in [5, 5.41) is 0. The Bertz CT molecular complexity index is 5420. The minimum absolute atomic E-state index is 0.00237. The Labute approximate surface area is 564 Å². The Morgan fingerprint density at radius 1 is 0.536 bits per heavy atom. The average Bonchev–Trinajstić information content (AvgIpc) is 1.60. The Kier molecular flexibility index (Phi) is 18.9. The summed E-state index contributed by atoms with van der Waals surface area (Å²) >= 11 is 3.47. The fourth-order valence-corrected chi connectivity index (χ4v) is 15.2. The summed E-state index contributed by atoms with van der Waals surface area (Å²) in [5.41, 5.74) is 4.99. The molecular weight excluding hydrogens is 1380 g/mol. The second kappa shape index (κ2) is 27.1. The van der Waals surface area contributed by atoms with Crippen molar-refractivity contribution >= 4 is 78.9 Å². The van der Waals surface area contributed by atoms with E-state index < -0.39 is 76.3 Å². The van der Waals surface area contributed by atoms with Gasteiger partial charge in [0.25, 0.3) is 0 Å². The first-order chi connectivity index (χ1) is 46.3. The lowest BCUT2D eigenvalue weighted by Crippen LogP contribution is -2.31. The van der Waals surface area contributed by atoms with Crippen LogP contribution in [-0.4, -0.2) is 139 Å². The molecule has 0 spiro atoms. The molecule has 6 aromatic heterocycles. The quantitative estimate of drug-likeness (QED) is 0.0484. The van der Waals surface area contributed by atoms with Crippen LogP contribution in [0.2, 0.25) is 0 Å². The number of aromatic amines is 2. The van der Waals surface area contributed by atoms with Crippen molar-refractivity contribution in [3.05, 3.63) is 203 Å². The number of fused-ring (bicyclic) bond motifs is 3. The van der Waals surface area contributed by atoms with Gasteiger partial charge in [0, 0.05) is 71.0 Å². The maximum Gasteiger partial charge on any atom is 0.331 e. The molecule has 2 N–H and O–H groups in total. The first-order valence-corrected chi connectivity index (χ1v) is 37.6. The Balaban J connectivity index is 0.744. The Morgan fingerprint density at radius 3 is 1.47 bits per heavy atom. The topological polar surface area (TPSA) is 299 Å². The summed E-state index contributed by atoms with van der Waals surface area (Å²) < 4.78 is 136. The average molecular weight is 1450 g/mol. The van der Waals surface area contributed by atoms with E-state index in [2.05, 4.69) is 35.9 Å². The van der Waals surface area contributed by atoms with Crippen molar-refractivity contribution in [3.8, 4) is 56.8 Å². The van der Waals surface area contributed by atoms with Gasteiger partial charge in [-0.25, -0.2) is 59.0 Å². The molecule has 0 radical (unpaired) electrons.